The molecular formula is C27H22ClN7O2. The van der Waals surface area contributed by atoms with Gasteiger partial charge in [0.25, 0.3) is 0 Å². The Morgan fingerprint density at radius 1 is 0.919 bits per heavy atom. The molecule has 2 aromatic carbocycles. The maximum absolute atomic E-state index is 6.14. The number of halogens is 1. The average molecular weight is 512 g/mol. The fourth-order valence-corrected chi connectivity index (χ4v) is 3.90. The molecule has 0 aliphatic carbocycles. The standard InChI is InChI=1S/C27H22ClN7O2/c1-34-17-18(15-32-34)26-16-31-23-7-6-19(13-25(23)33-26)35(10-4-5-24-27(28)30-9-8-29-24)20-11-21(36-2)14-22(12-20)37-3/h6-9,11-17H,10H2,1-3H3. The van der Waals surface area contributed by atoms with Crippen LogP contribution in [0.3, 0.4) is 0 Å². The first-order valence-electron chi connectivity index (χ1n) is 11.3. The topological polar surface area (TPSA) is 91.1 Å². The molecule has 3 aromatic heterocycles. The summed E-state index contributed by atoms with van der Waals surface area (Å²) in [4.78, 5) is 19.7. The van der Waals surface area contributed by atoms with E-state index in [0.717, 1.165) is 33.7 Å². The summed E-state index contributed by atoms with van der Waals surface area (Å²) < 4.78 is 12.7. The number of benzene rings is 2. The van der Waals surface area contributed by atoms with E-state index in [1.807, 2.05) is 54.5 Å². The summed E-state index contributed by atoms with van der Waals surface area (Å²) >= 11 is 6.14. The minimum Gasteiger partial charge on any atom is -0.497 e. The van der Waals surface area contributed by atoms with Crippen molar-refractivity contribution >= 4 is 34.0 Å². The molecule has 0 amide bonds. The van der Waals surface area contributed by atoms with E-state index in [0.29, 0.717) is 23.7 Å². The summed E-state index contributed by atoms with van der Waals surface area (Å²) in [6.07, 6.45) is 8.50. The molecule has 5 rings (SSSR count). The normalized spacial score (nSPS) is 10.6. The third-order valence-corrected chi connectivity index (χ3v) is 5.86. The summed E-state index contributed by atoms with van der Waals surface area (Å²) in [6.45, 7) is 0.324. The number of aryl methyl sites for hydroxylation is 1. The maximum atomic E-state index is 6.14. The fraction of sp³-hybridized carbons (Fsp3) is 0.148. The number of rotatable bonds is 6. The smallest absolute Gasteiger partial charge is 0.163 e. The molecule has 0 N–H and O–H groups in total. The molecular weight excluding hydrogens is 490 g/mol. The van der Waals surface area contributed by atoms with Gasteiger partial charge in [-0.2, -0.15) is 5.10 Å². The summed E-state index contributed by atoms with van der Waals surface area (Å²) in [5, 5.41) is 4.50. The van der Waals surface area contributed by atoms with Gasteiger partial charge in [0.05, 0.1) is 49.9 Å². The number of aromatic nitrogens is 6. The second-order valence-electron chi connectivity index (χ2n) is 7.99. The number of fused-ring (bicyclic) bond motifs is 1. The van der Waals surface area contributed by atoms with Crippen LogP contribution in [0.4, 0.5) is 11.4 Å². The van der Waals surface area contributed by atoms with Crippen molar-refractivity contribution in [3.63, 3.8) is 0 Å². The maximum Gasteiger partial charge on any atom is 0.163 e. The number of nitrogens with zero attached hydrogens (tertiary/aromatic N) is 7. The van der Waals surface area contributed by atoms with Crippen LogP contribution in [-0.4, -0.2) is 50.5 Å². The van der Waals surface area contributed by atoms with Crippen molar-refractivity contribution in [2.24, 2.45) is 7.05 Å². The minimum atomic E-state index is 0.258. The van der Waals surface area contributed by atoms with Crippen molar-refractivity contribution in [2.45, 2.75) is 0 Å². The first-order chi connectivity index (χ1) is 18.0. The van der Waals surface area contributed by atoms with Crippen molar-refractivity contribution in [1.82, 2.24) is 29.7 Å². The van der Waals surface area contributed by atoms with Crippen molar-refractivity contribution in [2.75, 3.05) is 25.7 Å². The first kappa shape index (κ1) is 24.0. The Bertz CT molecular complexity index is 1620. The van der Waals surface area contributed by atoms with Crippen LogP contribution in [0.25, 0.3) is 22.3 Å². The zero-order chi connectivity index (χ0) is 25.8. The van der Waals surface area contributed by atoms with Crippen LogP contribution in [0.15, 0.2) is 67.4 Å². The molecule has 10 heteroatoms. The quantitative estimate of drug-likeness (QED) is 0.303. The molecule has 0 saturated carbocycles. The van der Waals surface area contributed by atoms with E-state index in [1.54, 1.807) is 37.5 Å². The van der Waals surface area contributed by atoms with Gasteiger partial charge < -0.3 is 14.4 Å². The van der Waals surface area contributed by atoms with E-state index in [-0.39, 0.29) is 5.15 Å². The molecule has 9 nitrogen and oxygen atoms in total. The van der Waals surface area contributed by atoms with Crippen LogP contribution in [0, 0.1) is 11.8 Å². The van der Waals surface area contributed by atoms with Crippen LogP contribution < -0.4 is 14.4 Å². The van der Waals surface area contributed by atoms with Gasteiger partial charge in [-0.1, -0.05) is 17.5 Å². The highest BCUT2D eigenvalue weighted by Crippen LogP contribution is 2.34. The fourth-order valence-electron chi connectivity index (χ4n) is 3.75. The summed E-state index contributed by atoms with van der Waals surface area (Å²) in [5.74, 6) is 7.49. The molecule has 0 aliphatic rings. The predicted molar refractivity (Wildman–Crippen MR) is 142 cm³/mol. The number of hydrogen-bond acceptors (Lipinski definition) is 8. The van der Waals surface area contributed by atoms with Crippen molar-refractivity contribution in [1.29, 1.82) is 0 Å². The largest absolute Gasteiger partial charge is 0.497 e. The van der Waals surface area contributed by atoms with Crippen LogP contribution in [0.1, 0.15) is 5.69 Å². The lowest BCUT2D eigenvalue weighted by molar-refractivity contribution is 0.394. The lowest BCUT2D eigenvalue weighted by Crippen LogP contribution is -2.17. The number of anilines is 2. The molecule has 5 aromatic rings. The molecule has 0 saturated heterocycles. The molecule has 0 bridgehead atoms. The van der Waals surface area contributed by atoms with Gasteiger partial charge in [0.2, 0.25) is 0 Å². The highest BCUT2D eigenvalue weighted by molar-refractivity contribution is 6.30. The Morgan fingerprint density at radius 2 is 1.70 bits per heavy atom. The average Bonchev–Trinajstić information content (AvgIpc) is 3.37. The van der Waals surface area contributed by atoms with Crippen molar-refractivity contribution < 1.29 is 9.47 Å². The molecule has 37 heavy (non-hydrogen) atoms. The molecule has 3 heterocycles. The SMILES string of the molecule is COc1cc(OC)cc(N(CC#Cc2nccnc2Cl)c2ccc3ncc(-c4cnn(C)c4)nc3c2)c1. The van der Waals surface area contributed by atoms with Crippen LogP contribution in [-0.2, 0) is 7.05 Å². The third kappa shape index (κ3) is 5.29. The van der Waals surface area contributed by atoms with Gasteiger partial charge in [-0.3, -0.25) is 9.67 Å². The van der Waals surface area contributed by atoms with E-state index in [1.165, 1.54) is 6.20 Å². The molecule has 184 valence electrons. The van der Waals surface area contributed by atoms with E-state index in [9.17, 15) is 0 Å². The van der Waals surface area contributed by atoms with E-state index < -0.39 is 0 Å². The first-order valence-corrected chi connectivity index (χ1v) is 11.6. The monoisotopic (exact) mass is 511 g/mol. The Morgan fingerprint density at radius 3 is 2.41 bits per heavy atom. The highest BCUT2D eigenvalue weighted by Gasteiger charge is 2.14. The molecule has 0 aliphatic heterocycles. The zero-order valence-corrected chi connectivity index (χ0v) is 21.1. The van der Waals surface area contributed by atoms with Gasteiger partial charge >= 0.3 is 0 Å². The lowest BCUT2D eigenvalue weighted by atomic mass is 10.2. The second kappa shape index (κ2) is 10.5. The molecule has 0 unspecified atom stereocenters. The van der Waals surface area contributed by atoms with Crippen LogP contribution in [0.2, 0.25) is 5.15 Å². The van der Waals surface area contributed by atoms with Crippen LogP contribution in [0.5, 0.6) is 11.5 Å². The molecule has 0 radical (unpaired) electrons. The van der Waals surface area contributed by atoms with Gasteiger partial charge in [0, 0.05) is 60.8 Å². The van der Waals surface area contributed by atoms with E-state index in [4.69, 9.17) is 26.1 Å². The Hall–Kier alpha value is -4.68. The van der Waals surface area contributed by atoms with Crippen LogP contribution >= 0.6 is 11.6 Å². The van der Waals surface area contributed by atoms with Gasteiger partial charge in [0.1, 0.15) is 11.5 Å². The van der Waals surface area contributed by atoms with Gasteiger partial charge in [-0.05, 0) is 24.1 Å². The number of hydrogen-bond donors (Lipinski definition) is 0. The Balaban J connectivity index is 1.59. The Kier molecular flexibility index (Phi) is 6.83. The zero-order valence-electron chi connectivity index (χ0n) is 20.4. The molecule has 0 fully saturated rings. The second-order valence-corrected chi connectivity index (χ2v) is 8.34. The highest BCUT2D eigenvalue weighted by atomic mass is 35.5. The lowest BCUT2D eigenvalue weighted by Gasteiger charge is -2.24. The van der Waals surface area contributed by atoms with Gasteiger partial charge in [-0.15, -0.1) is 0 Å². The minimum absolute atomic E-state index is 0.258. The number of methoxy groups -OCH3 is 2. The summed E-state index contributed by atoms with van der Waals surface area (Å²) in [7, 11) is 5.10. The van der Waals surface area contributed by atoms with E-state index >= 15 is 0 Å². The summed E-state index contributed by atoms with van der Waals surface area (Å²) in [6, 6.07) is 11.5. The molecule has 0 spiro atoms. The third-order valence-electron chi connectivity index (χ3n) is 5.58. The Labute approximate surface area is 218 Å². The van der Waals surface area contributed by atoms with Gasteiger partial charge in [-0.25, -0.2) is 15.0 Å². The summed E-state index contributed by atoms with van der Waals surface area (Å²) in [5.41, 5.74) is 5.25. The van der Waals surface area contributed by atoms with Gasteiger partial charge in [0.15, 0.2) is 10.8 Å². The number of ether oxygens (including phenoxy) is 2. The predicted octanol–water partition coefficient (Wildman–Crippen LogP) is 4.68. The molecule has 0 atom stereocenters. The van der Waals surface area contributed by atoms with Crippen molar-refractivity contribution in [3.05, 3.63) is 78.2 Å². The van der Waals surface area contributed by atoms with Crippen molar-refractivity contribution in [3.8, 4) is 34.6 Å². The van der Waals surface area contributed by atoms with E-state index in [2.05, 4.69) is 31.9 Å².